The monoisotopic (exact) mass is 536 g/mol. The van der Waals surface area contributed by atoms with Crippen LogP contribution >= 0.6 is 24.0 Å². The predicted molar refractivity (Wildman–Crippen MR) is 136 cm³/mol. The molecule has 2 aromatic rings. The molecule has 8 heteroatoms. The fraction of sp³-hybridized carbons (Fsp3) is 0.522. The molecule has 2 saturated heterocycles. The first-order valence-corrected chi connectivity index (χ1v) is 11.0. The van der Waals surface area contributed by atoms with Gasteiger partial charge in [-0.15, -0.1) is 24.0 Å². The molecule has 2 fully saturated rings. The van der Waals surface area contributed by atoms with Gasteiger partial charge in [0, 0.05) is 64.4 Å². The Kier molecular flexibility index (Phi) is 8.48. The number of hydrogen-bond donors (Lipinski definition) is 1. The Morgan fingerprint density at radius 3 is 2.48 bits per heavy atom. The maximum atomic E-state index is 12.7. The van der Waals surface area contributed by atoms with Gasteiger partial charge in [0.25, 0.3) is 0 Å². The molecule has 1 aromatic heterocycles. The number of para-hydroxylation sites is 1. The number of aromatic nitrogens is 1. The molecular weight excluding hydrogens is 503 g/mol. The summed E-state index contributed by atoms with van der Waals surface area (Å²) in [5, 5.41) is 4.65. The molecule has 0 radical (unpaired) electrons. The number of halogens is 1. The standard InChI is InChI=1S/C23H32N6O.HI/c1-18(22(30)28-11-3-4-12-28)27-13-15-29(16-14-27)23(24-2)26-17-20-8-5-7-19-9-6-10-25-21(19)20;/h5-10,18H,3-4,11-17H2,1-2H3,(H,24,26);1H. The zero-order valence-electron chi connectivity index (χ0n) is 18.5. The second-order valence-electron chi connectivity index (χ2n) is 8.12. The van der Waals surface area contributed by atoms with Crippen molar-refractivity contribution in [3.8, 4) is 0 Å². The zero-order chi connectivity index (χ0) is 20.9. The summed E-state index contributed by atoms with van der Waals surface area (Å²) < 4.78 is 0. The second kappa shape index (κ2) is 11.1. The van der Waals surface area contributed by atoms with Gasteiger partial charge in [0.15, 0.2) is 5.96 Å². The van der Waals surface area contributed by atoms with E-state index in [1.807, 2.05) is 24.2 Å². The Bertz CT molecular complexity index is 901. The number of carbonyl (C=O) groups is 1. The van der Waals surface area contributed by atoms with Crippen LogP contribution in [0.3, 0.4) is 0 Å². The Balaban J connectivity index is 0.00000272. The summed E-state index contributed by atoms with van der Waals surface area (Å²) in [5.74, 6) is 1.19. The summed E-state index contributed by atoms with van der Waals surface area (Å²) in [4.78, 5) is 28.4. The lowest BCUT2D eigenvalue weighted by atomic mass is 10.1. The number of pyridine rings is 1. The van der Waals surface area contributed by atoms with Gasteiger partial charge in [-0.2, -0.15) is 0 Å². The van der Waals surface area contributed by atoms with Crippen molar-refractivity contribution in [3.05, 3.63) is 42.1 Å². The number of fused-ring (bicyclic) bond motifs is 1. The molecule has 168 valence electrons. The van der Waals surface area contributed by atoms with Crippen LogP contribution in [-0.2, 0) is 11.3 Å². The molecule has 1 aromatic carbocycles. The van der Waals surface area contributed by atoms with Crippen LogP contribution in [0.1, 0.15) is 25.3 Å². The number of nitrogens with zero attached hydrogens (tertiary/aromatic N) is 5. The highest BCUT2D eigenvalue weighted by atomic mass is 127. The number of benzene rings is 1. The number of hydrogen-bond acceptors (Lipinski definition) is 4. The summed E-state index contributed by atoms with van der Waals surface area (Å²) in [7, 11) is 1.83. The summed E-state index contributed by atoms with van der Waals surface area (Å²) in [6, 6.07) is 10.3. The third-order valence-electron chi connectivity index (χ3n) is 6.30. The maximum absolute atomic E-state index is 12.7. The summed E-state index contributed by atoms with van der Waals surface area (Å²) >= 11 is 0. The van der Waals surface area contributed by atoms with Crippen LogP contribution in [0.15, 0.2) is 41.5 Å². The van der Waals surface area contributed by atoms with Crippen LogP contribution in [0.25, 0.3) is 10.9 Å². The van der Waals surface area contributed by atoms with E-state index in [1.165, 1.54) is 0 Å². The van der Waals surface area contributed by atoms with E-state index in [1.54, 1.807) is 0 Å². The first kappa shape index (κ1) is 23.7. The van der Waals surface area contributed by atoms with Crippen molar-refractivity contribution in [3.63, 3.8) is 0 Å². The van der Waals surface area contributed by atoms with E-state index in [4.69, 9.17) is 0 Å². The minimum Gasteiger partial charge on any atom is -0.352 e. The molecule has 3 heterocycles. The fourth-order valence-corrected chi connectivity index (χ4v) is 4.50. The van der Waals surface area contributed by atoms with Gasteiger partial charge in [0.05, 0.1) is 11.6 Å². The van der Waals surface area contributed by atoms with E-state index in [-0.39, 0.29) is 35.9 Å². The zero-order valence-corrected chi connectivity index (χ0v) is 20.8. The van der Waals surface area contributed by atoms with E-state index in [0.29, 0.717) is 6.54 Å². The normalized spacial score (nSPS) is 18.7. The smallest absolute Gasteiger partial charge is 0.239 e. The van der Waals surface area contributed by atoms with Gasteiger partial charge < -0.3 is 15.1 Å². The Labute approximate surface area is 201 Å². The van der Waals surface area contributed by atoms with Crippen molar-refractivity contribution >= 4 is 46.7 Å². The van der Waals surface area contributed by atoms with Crippen LogP contribution < -0.4 is 5.32 Å². The van der Waals surface area contributed by atoms with Crippen LogP contribution in [0, 0.1) is 0 Å². The molecule has 1 amide bonds. The number of carbonyl (C=O) groups excluding carboxylic acids is 1. The molecule has 1 N–H and O–H groups in total. The molecule has 7 nitrogen and oxygen atoms in total. The quantitative estimate of drug-likeness (QED) is 0.370. The van der Waals surface area contributed by atoms with E-state index >= 15 is 0 Å². The van der Waals surface area contributed by atoms with Gasteiger partial charge in [-0.25, -0.2) is 0 Å². The third-order valence-corrected chi connectivity index (χ3v) is 6.30. The van der Waals surface area contributed by atoms with Gasteiger partial charge in [0.1, 0.15) is 0 Å². The maximum Gasteiger partial charge on any atom is 0.239 e. The Morgan fingerprint density at radius 1 is 1.06 bits per heavy atom. The molecule has 1 atom stereocenters. The van der Waals surface area contributed by atoms with Crippen molar-refractivity contribution in [2.45, 2.75) is 32.4 Å². The second-order valence-corrected chi connectivity index (χ2v) is 8.12. The van der Waals surface area contributed by atoms with Gasteiger partial charge in [-0.3, -0.25) is 19.7 Å². The van der Waals surface area contributed by atoms with Crippen molar-refractivity contribution < 1.29 is 4.79 Å². The van der Waals surface area contributed by atoms with Crippen LogP contribution in [0.4, 0.5) is 0 Å². The minimum atomic E-state index is -0.0398. The highest BCUT2D eigenvalue weighted by molar-refractivity contribution is 14.0. The average Bonchev–Trinajstić information content (AvgIpc) is 3.34. The van der Waals surface area contributed by atoms with Gasteiger partial charge in [-0.1, -0.05) is 24.3 Å². The van der Waals surface area contributed by atoms with Crippen LogP contribution in [0.2, 0.25) is 0 Å². The molecule has 0 spiro atoms. The average molecular weight is 536 g/mol. The first-order chi connectivity index (χ1) is 14.7. The van der Waals surface area contributed by atoms with E-state index in [0.717, 1.165) is 74.5 Å². The molecule has 4 rings (SSSR count). The van der Waals surface area contributed by atoms with E-state index in [2.05, 4.69) is 56.3 Å². The molecule has 0 bridgehead atoms. The lowest BCUT2D eigenvalue weighted by Gasteiger charge is -2.39. The SMILES string of the molecule is CN=C(NCc1cccc2cccnc12)N1CCN(C(C)C(=O)N2CCCC2)CC1.I. The number of nitrogens with one attached hydrogen (secondary N) is 1. The van der Waals surface area contributed by atoms with Gasteiger partial charge in [0.2, 0.25) is 5.91 Å². The highest BCUT2D eigenvalue weighted by Crippen LogP contribution is 2.16. The lowest BCUT2D eigenvalue weighted by molar-refractivity contribution is -0.135. The highest BCUT2D eigenvalue weighted by Gasteiger charge is 2.30. The minimum absolute atomic E-state index is 0. The molecule has 0 saturated carbocycles. The van der Waals surface area contributed by atoms with Crippen LogP contribution in [-0.4, -0.2) is 83.9 Å². The molecule has 31 heavy (non-hydrogen) atoms. The summed E-state index contributed by atoms with van der Waals surface area (Å²) in [5.41, 5.74) is 2.19. The Morgan fingerprint density at radius 2 is 1.77 bits per heavy atom. The van der Waals surface area contributed by atoms with Crippen molar-refractivity contribution in [2.24, 2.45) is 4.99 Å². The Hall–Kier alpha value is -1.94. The number of amides is 1. The largest absolute Gasteiger partial charge is 0.352 e. The number of piperazine rings is 1. The van der Waals surface area contributed by atoms with Gasteiger partial charge in [-0.05, 0) is 31.4 Å². The van der Waals surface area contributed by atoms with Crippen molar-refractivity contribution in [2.75, 3.05) is 46.3 Å². The van der Waals surface area contributed by atoms with Crippen LogP contribution in [0.5, 0.6) is 0 Å². The topological polar surface area (TPSA) is 64.1 Å². The number of guanidine groups is 1. The molecule has 2 aliphatic rings. The van der Waals surface area contributed by atoms with Crippen molar-refractivity contribution in [1.82, 2.24) is 25.0 Å². The van der Waals surface area contributed by atoms with Crippen molar-refractivity contribution in [1.29, 1.82) is 0 Å². The molecule has 2 aliphatic heterocycles. The number of aliphatic imine (C=N–C) groups is 1. The number of likely N-dealkylation sites (tertiary alicyclic amines) is 1. The molecular formula is C23H33IN6O. The van der Waals surface area contributed by atoms with Gasteiger partial charge >= 0.3 is 0 Å². The summed E-state index contributed by atoms with van der Waals surface area (Å²) in [6.07, 6.45) is 4.12. The molecule has 0 aliphatic carbocycles. The molecule has 1 unspecified atom stereocenters. The first-order valence-electron chi connectivity index (χ1n) is 11.0. The number of rotatable bonds is 4. The third kappa shape index (κ3) is 5.46. The fourth-order valence-electron chi connectivity index (χ4n) is 4.50. The van der Waals surface area contributed by atoms with E-state index in [9.17, 15) is 4.79 Å². The van der Waals surface area contributed by atoms with E-state index < -0.39 is 0 Å². The summed E-state index contributed by atoms with van der Waals surface area (Å²) in [6.45, 7) is 8.05. The lowest BCUT2D eigenvalue weighted by Crippen LogP contribution is -2.57. The predicted octanol–water partition coefficient (Wildman–Crippen LogP) is 2.56.